The van der Waals surface area contributed by atoms with Gasteiger partial charge in [-0.05, 0) is 38.5 Å². The molecule has 9 nitrogen and oxygen atoms in total. The van der Waals surface area contributed by atoms with E-state index in [-0.39, 0.29) is 30.9 Å². The zero-order chi connectivity index (χ0) is 39.7. The van der Waals surface area contributed by atoms with Gasteiger partial charge in [0.05, 0.1) is 13.2 Å². The molecule has 0 aliphatic carbocycles. The molecule has 0 aromatic heterocycles. The molecule has 2 amide bonds. The number of hydrogen-bond acceptors (Lipinski definition) is 6. The molecule has 0 heterocycles. The Morgan fingerprint density at radius 2 is 0.833 bits per heavy atom. The van der Waals surface area contributed by atoms with Crippen LogP contribution in [0.5, 0.6) is 0 Å². The summed E-state index contributed by atoms with van der Waals surface area (Å²) in [6, 6.07) is -1.38. The Balaban J connectivity index is 3.81. The molecule has 0 aliphatic heterocycles. The molecule has 0 aromatic rings. The zero-order valence-corrected chi connectivity index (χ0v) is 35.3. The summed E-state index contributed by atoms with van der Waals surface area (Å²) in [7, 11) is 0. The molecule has 318 valence electrons. The number of nitrogens with one attached hydrogen (secondary N) is 2. The molecule has 0 bridgehead atoms. The van der Waals surface area contributed by atoms with Gasteiger partial charge < -0.3 is 25.6 Å². The number of ether oxygens (including phenoxy) is 1. The summed E-state index contributed by atoms with van der Waals surface area (Å²) in [4.78, 5) is 47.4. The fourth-order valence-corrected chi connectivity index (χ4v) is 7.07. The summed E-state index contributed by atoms with van der Waals surface area (Å²) in [5.74, 6) is -2.32. The van der Waals surface area contributed by atoms with Crippen LogP contribution in [0.2, 0.25) is 0 Å². The number of carboxylic acid groups (broad SMARTS) is 1. The molecule has 2 unspecified atom stereocenters. The molecule has 0 rings (SSSR count). The normalized spacial score (nSPS) is 12.4. The lowest BCUT2D eigenvalue weighted by molar-refractivity contribution is -0.150. The highest BCUT2D eigenvalue weighted by Gasteiger charge is 2.19. The van der Waals surface area contributed by atoms with E-state index in [0.717, 1.165) is 57.8 Å². The SMILES string of the molecule is CCCCCCCCCCCCCCCCCCCCCCCCCC(=O)OC(CCCCCC)CCCCCCC(=O)NCC(=O)NC(CO)C(=O)O. The van der Waals surface area contributed by atoms with E-state index in [1.54, 1.807) is 0 Å². The number of amides is 2. The van der Waals surface area contributed by atoms with Gasteiger partial charge in [0.2, 0.25) is 11.8 Å². The Morgan fingerprint density at radius 1 is 0.481 bits per heavy atom. The number of unbranched alkanes of at least 4 members (excludes halogenated alkanes) is 28. The molecule has 4 N–H and O–H groups in total. The zero-order valence-electron chi connectivity index (χ0n) is 35.3. The summed E-state index contributed by atoms with van der Waals surface area (Å²) >= 11 is 0. The van der Waals surface area contributed by atoms with Crippen LogP contribution in [0.3, 0.4) is 0 Å². The van der Waals surface area contributed by atoms with Crippen molar-refractivity contribution in [2.75, 3.05) is 13.2 Å². The number of rotatable bonds is 42. The monoisotopic (exact) mass is 767 g/mol. The highest BCUT2D eigenvalue weighted by molar-refractivity contribution is 5.87. The molecular formula is C45H86N2O7. The van der Waals surface area contributed by atoms with Gasteiger partial charge in [-0.2, -0.15) is 0 Å². The van der Waals surface area contributed by atoms with Gasteiger partial charge >= 0.3 is 11.9 Å². The van der Waals surface area contributed by atoms with Gasteiger partial charge in [-0.25, -0.2) is 4.79 Å². The van der Waals surface area contributed by atoms with Gasteiger partial charge in [-0.1, -0.05) is 187 Å². The third kappa shape index (κ3) is 36.8. The van der Waals surface area contributed by atoms with Gasteiger partial charge in [0.1, 0.15) is 12.1 Å². The van der Waals surface area contributed by atoms with E-state index in [2.05, 4.69) is 24.5 Å². The Morgan fingerprint density at radius 3 is 1.22 bits per heavy atom. The minimum absolute atomic E-state index is 0.0331. The van der Waals surface area contributed by atoms with Gasteiger partial charge in [0.15, 0.2) is 0 Å². The van der Waals surface area contributed by atoms with Crippen LogP contribution in [0.25, 0.3) is 0 Å². The first-order valence-electron chi connectivity index (χ1n) is 22.9. The van der Waals surface area contributed by atoms with E-state index in [0.29, 0.717) is 12.8 Å². The Labute approximate surface area is 331 Å². The van der Waals surface area contributed by atoms with E-state index in [1.165, 1.54) is 148 Å². The maximum Gasteiger partial charge on any atom is 0.328 e. The summed E-state index contributed by atoms with van der Waals surface area (Å²) in [6.07, 6.45) is 41.8. The standard InChI is InChI=1S/C45H86N2O7/c1-3-5-7-9-10-11-12-13-14-15-16-17-18-19-20-21-22-23-24-25-26-27-33-37-44(51)54-40(34-30-8-6-4-2)35-31-28-29-32-36-42(49)46-38-43(50)47-41(39-48)45(52)53/h40-41,48H,3-39H2,1-2H3,(H,46,49)(H,47,50)(H,52,53). The maximum atomic E-state index is 12.7. The second kappa shape index (κ2) is 40.5. The molecule has 0 aromatic carbocycles. The van der Waals surface area contributed by atoms with Gasteiger partial charge in [-0.15, -0.1) is 0 Å². The van der Waals surface area contributed by atoms with Crippen molar-refractivity contribution in [1.29, 1.82) is 0 Å². The summed E-state index contributed by atoms with van der Waals surface area (Å²) in [5, 5.41) is 22.5. The van der Waals surface area contributed by atoms with Crippen LogP contribution in [-0.2, 0) is 23.9 Å². The molecule has 0 aliphatic rings. The molecule has 0 spiro atoms. The number of aliphatic hydroxyl groups is 1. The first-order valence-corrected chi connectivity index (χ1v) is 22.9. The number of carboxylic acids is 1. The molecular weight excluding hydrogens is 681 g/mol. The van der Waals surface area contributed by atoms with Crippen molar-refractivity contribution in [2.45, 2.75) is 251 Å². The molecule has 9 heteroatoms. The molecule has 0 fully saturated rings. The number of aliphatic hydroxyl groups excluding tert-OH is 1. The van der Waals surface area contributed by atoms with Crippen LogP contribution in [0, 0.1) is 0 Å². The average molecular weight is 767 g/mol. The largest absolute Gasteiger partial charge is 0.480 e. The van der Waals surface area contributed by atoms with E-state index in [1.807, 2.05) is 0 Å². The minimum atomic E-state index is -1.38. The first-order chi connectivity index (χ1) is 26.3. The number of hydrogen-bond donors (Lipinski definition) is 4. The molecule has 54 heavy (non-hydrogen) atoms. The van der Waals surface area contributed by atoms with Crippen molar-refractivity contribution in [2.24, 2.45) is 0 Å². The summed E-state index contributed by atoms with van der Waals surface area (Å²) in [5.41, 5.74) is 0. The van der Waals surface area contributed by atoms with Gasteiger partial charge in [-0.3, -0.25) is 14.4 Å². The van der Waals surface area contributed by atoms with Crippen molar-refractivity contribution in [3.8, 4) is 0 Å². The maximum absolute atomic E-state index is 12.7. The second-order valence-electron chi connectivity index (χ2n) is 15.9. The number of esters is 1. The van der Waals surface area contributed by atoms with E-state index >= 15 is 0 Å². The summed E-state index contributed by atoms with van der Waals surface area (Å²) in [6.45, 7) is 3.44. The third-order valence-corrected chi connectivity index (χ3v) is 10.6. The first kappa shape index (κ1) is 51.8. The highest BCUT2D eigenvalue weighted by atomic mass is 16.5. The van der Waals surface area contributed by atoms with Crippen LogP contribution in [-0.4, -0.2) is 59.3 Å². The van der Waals surface area contributed by atoms with Crippen LogP contribution >= 0.6 is 0 Å². The number of aliphatic carboxylic acids is 1. The fourth-order valence-electron chi connectivity index (χ4n) is 7.07. The lowest BCUT2D eigenvalue weighted by Gasteiger charge is -2.18. The van der Waals surface area contributed by atoms with Crippen molar-refractivity contribution >= 4 is 23.8 Å². The quantitative estimate of drug-likeness (QED) is 0.0358. The highest BCUT2D eigenvalue weighted by Crippen LogP contribution is 2.19. The van der Waals surface area contributed by atoms with Crippen LogP contribution in [0.4, 0.5) is 0 Å². The fraction of sp³-hybridized carbons (Fsp3) is 0.911. The Hall–Kier alpha value is -2.16. The van der Waals surface area contributed by atoms with Crippen LogP contribution < -0.4 is 10.6 Å². The molecule has 0 saturated heterocycles. The second-order valence-corrected chi connectivity index (χ2v) is 15.9. The average Bonchev–Trinajstić information content (AvgIpc) is 3.16. The lowest BCUT2D eigenvalue weighted by Crippen LogP contribution is -2.47. The van der Waals surface area contributed by atoms with E-state index in [9.17, 15) is 19.2 Å². The summed E-state index contributed by atoms with van der Waals surface area (Å²) < 4.78 is 5.94. The predicted molar refractivity (Wildman–Crippen MR) is 222 cm³/mol. The van der Waals surface area contributed by atoms with E-state index < -0.39 is 24.5 Å². The topological polar surface area (TPSA) is 142 Å². The molecule has 0 radical (unpaired) electrons. The number of carbonyl (C=O) groups excluding carboxylic acids is 3. The van der Waals surface area contributed by atoms with Crippen molar-refractivity contribution < 1.29 is 34.1 Å². The minimum Gasteiger partial charge on any atom is -0.480 e. The molecule has 2 atom stereocenters. The van der Waals surface area contributed by atoms with E-state index in [4.69, 9.17) is 14.9 Å². The van der Waals surface area contributed by atoms with Crippen molar-refractivity contribution in [3.05, 3.63) is 0 Å². The Kier molecular flexibility index (Phi) is 38.9. The number of carbonyl (C=O) groups is 4. The Bertz CT molecular complexity index is 884. The molecule has 0 saturated carbocycles. The van der Waals surface area contributed by atoms with Crippen molar-refractivity contribution in [3.63, 3.8) is 0 Å². The van der Waals surface area contributed by atoms with Crippen LogP contribution in [0.1, 0.15) is 239 Å². The van der Waals surface area contributed by atoms with Crippen LogP contribution in [0.15, 0.2) is 0 Å². The van der Waals surface area contributed by atoms with Crippen molar-refractivity contribution in [1.82, 2.24) is 10.6 Å². The van der Waals surface area contributed by atoms with Gasteiger partial charge in [0, 0.05) is 12.8 Å². The third-order valence-electron chi connectivity index (χ3n) is 10.6. The smallest absolute Gasteiger partial charge is 0.328 e. The predicted octanol–water partition coefficient (Wildman–Crippen LogP) is 11.3. The lowest BCUT2D eigenvalue weighted by atomic mass is 10.0. The van der Waals surface area contributed by atoms with Gasteiger partial charge in [0.25, 0.3) is 0 Å².